The summed E-state index contributed by atoms with van der Waals surface area (Å²) in [5, 5.41) is 9.77. The van der Waals surface area contributed by atoms with Crippen LogP contribution in [0.2, 0.25) is 0 Å². The number of allylic oxidation sites excluding steroid dienone is 5. The van der Waals surface area contributed by atoms with Crippen LogP contribution in [-0.4, -0.2) is 17.0 Å². The van der Waals surface area contributed by atoms with Crippen molar-refractivity contribution in [1.82, 2.24) is 0 Å². The summed E-state index contributed by atoms with van der Waals surface area (Å²) in [6, 6.07) is 0. The summed E-state index contributed by atoms with van der Waals surface area (Å²) < 4.78 is 0. The number of carbonyl (C=O) groups excluding carboxylic acids is 1. The Labute approximate surface area is 104 Å². The maximum absolute atomic E-state index is 11.8. The van der Waals surface area contributed by atoms with Crippen LogP contribution in [0.4, 0.5) is 0 Å². The smallest absolute Gasteiger partial charge is 0.162 e. The third-order valence-corrected chi connectivity index (χ3v) is 3.21. The summed E-state index contributed by atoms with van der Waals surface area (Å²) in [4.78, 5) is 11.8. The Morgan fingerprint density at radius 3 is 2.65 bits per heavy atom. The van der Waals surface area contributed by atoms with Gasteiger partial charge in [0.05, 0.1) is 6.10 Å². The van der Waals surface area contributed by atoms with Crippen LogP contribution >= 0.6 is 0 Å². The molecule has 1 aliphatic rings. The van der Waals surface area contributed by atoms with Gasteiger partial charge in [-0.1, -0.05) is 23.3 Å². The van der Waals surface area contributed by atoms with E-state index in [-0.39, 0.29) is 11.7 Å². The molecular formula is C15H22O2. The molecule has 0 fully saturated rings. The number of hydrogen-bond acceptors (Lipinski definition) is 2. The van der Waals surface area contributed by atoms with E-state index >= 15 is 0 Å². The van der Waals surface area contributed by atoms with Gasteiger partial charge in [-0.25, -0.2) is 0 Å². The molecular weight excluding hydrogens is 212 g/mol. The minimum absolute atomic E-state index is 0.124. The van der Waals surface area contributed by atoms with E-state index < -0.39 is 6.10 Å². The van der Waals surface area contributed by atoms with Crippen molar-refractivity contribution in [2.24, 2.45) is 5.92 Å². The van der Waals surface area contributed by atoms with Crippen molar-refractivity contribution >= 4 is 5.78 Å². The Morgan fingerprint density at radius 2 is 2.06 bits per heavy atom. The first-order chi connectivity index (χ1) is 7.91. The number of ketones is 1. The molecule has 0 aromatic heterocycles. The summed E-state index contributed by atoms with van der Waals surface area (Å²) >= 11 is 0. The monoisotopic (exact) mass is 234 g/mol. The Balaban J connectivity index is 2.74. The second kappa shape index (κ2) is 5.97. The first-order valence-electron chi connectivity index (χ1n) is 6.12. The first-order valence-corrected chi connectivity index (χ1v) is 6.12. The van der Waals surface area contributed by atoms with E-state index in [1.54, 1.807) is 13.0 Å². The van der Waals surface area contributed by atoms with E-state index in [0.717, 1.165) is 17.6 Å². The van der Waals surface area contributed by atoms with Crippen LogP contribution in [0.5, 0.6) is 0 Å². The molecule has 0 amide bonds. The van der Waals surface area contributed by atoms with E-state index in [0.29, 0.717) is 6.42 Å². The van der Waals surface area contributed by atoms with Crippen LogP contribution in [0.3, 0.4) is 0 Å². The standard InChI is InChI=1S/C15H22O2/c1-10(2)6-5-7-11(3)13-9-14(16)12(4)8-15(13)17/h6-8,13-14,16H,5,9H2,1-4H3. The molecule has 0 heterocycles. The minimum Gasteiger partial charge on any atom is -0.389 e. The number of hydrogen-bond donors (Lipinski definition) is 1. The van der Waals surface area contributed by atoms with Crippen molar-refractivity contribution in [3.05, 3.63) is 34.9 Å². The quantitative estimate of drug-likeness (QED) is 0.761. The molecule has 17 heavy (non-hydrogen) atoms. The van der Waals surface area contributed by atoms with Crippen LogP contribution in [0, 0.1) is 5.92 Å². The molecule has 0 radical (unpaired) electrons. The van der Waals surface area contributed by atoms with E-state index in [4.69, 9.17) is 0 Å². The maximum atomic E-state index is 11.8. The van der Waals surface area contributed by atoms with Gasteiger partial charge in [0.2, 0.25) is 0 Å². The molecule has 0 bridgehead atoms. The SMILES string of the molecule is CC(C)=CCC=C(C)C1CC(O)C(C)=CC1=O. The van der Waals surface area contributed by atoms with E-state index in [9.17, 15) is 9.90 Å². The lowest BCUT2D eigenvalue weighted by Gasteiger charge is -2.24. The fraction of sp³-hybridized carbons (Fsp3) is 0.533. The molecule has 1 rings (SSSR count). The molecule has 2 atom stereocenters. The van der Waals surface area contributed by atoms with Gasteiger partial charge in [0, 0.05) is 5.92 Å². The fourth-order valence-corrected chi connectivity index (χ4v) is 1.98. The zero-order valence-corrected chi connectivity index (χ0v) is 11.2. The lowest BCUT2D eigenvalue weighted by molar-refractivity contribution is -0.118. The molecule has 94 valence electrons. The predicted octanol–water partition coefficient (Wildman–Crippen LogP) is 3.19. The molecule has 0 aromatic rings. The van der Waals surface area contributed by atoms with Gasteiger partial charge in [-0.05, 0) is 52.2 Å². The van der Waals surface area contributed by atoms with Crippen LogP contribution in [0.15, 0.2) is 34.9 Å². The van der Waals surface area contributed by atoms with Crippen LogP contribution in [0.25, 0.3) is 0 Å². The number of carbonyl (C=O) groups is 1. The molecule has 0 aromatic carbocycles. The zero-order chi connectivity index (χ0) is 13.0. The van der Waals surface area contributed by atoms with Crippen molar-refractivity contribution < 1.29 is 9.90 Å². The number of aliphatic hydroxyl groups excluding tert-OH is 1. The van der Waals surface area contributed by atoms with Gasteiger partial charge in [-0.3, -0.25) is 4.79 Å². The topological polar surface area (TPSA) is 37.3 Å². The fourth-order valence-electron chi connectivity index (χ4n) is 1.98. The van der Waals surface area contributed by atoms with Gasteiger partial charge in [-0.15, -0.1) is 0 Å². The Hall–Kier alpha value is -1.15. The largest absolute Gasteiger partial charge is 0.389 e. The third kappa shape index (κ3) is 3.97. The molecule has 2 nitrogen and oxygen atoms in total. The average Bonchev–Trinajstić information content (AvgIpc) is 2.22. The predicted molar refractivity (Wildman–Crippen MR) is 70.7 cm³/mol. The van der Waals surface area contributed by atoms with Crippen LogP contribution in [-0.2, 0) is 4.79 Å². The van der Waals surface area contributed by atoms with Crippen molar-refractivity contribution in [1.29, 1.82) is 0 Å². The highest BCUT2D eigenvalue weighted by molar-refractivity contribution is 5.95. The summed E-state index contributed by atoms with van der Waals surface area (Å²) in [7, 11) is 0. The summed E-state index contributed by atoms with van der Waals surface area (Å²) in [5.74, 6) is -0.0157. The van der Waals surface area contributed by atoms with Crippen molar-refractivity contribution in [2.45, 2.75) is 46.6 Å². The molecule has 2 unspecified atom stereocenters. The van der Waals surface area contributed by atoms with Gasteiger partial charge < -0.3 is 5.11 Å². The minimum atomic E-state index is -0.468. The lowest BCUT2D eigenvalue weighted by atomic mass is 9.82. The van der Waals surface area contributed by atoms with E-state index in [1.807, 2.05) is 6.92 Å². The van der Waals surface area contributed by atoms with Crippen molar-refractivity contribution in [3.63, 3.8) is 0 Å². The normalized spacial score (nSPS) is 25.6. The first kappa shape index (κ1) is 13.9. The van der Waals surface area contributed by atoms with Gasteiger partial charge in [0.25, 0.3) is 0 Å². The van der Waals surface area contributed by atoms with Gasteiger partial charge in [-0.2, -0.15) is 0 Å². The number of rotatable bonds is 3. The van der Waals surface area contributed by atoms with Gasteiger partial charge in [0.1, 0.15) is 0 Å². The summed E-state index contributed by atoms with van der Waals surface area (Å²) in [6.07, 6.45) is 6.71. The Kier molecular flexibility index (Phi) is 4.88. The highest BCUT2D eigenvalue weighted by Crippen LogP contribution is 2.27. The molecule has 1 aliphatic carbocycles. The highest BCUT2D eigenvalue weighted by atomic mass is 16.3. The third-order valence-electron chi connectivity index (χ3n) is 3.21. The zero-order valence-electron chi connectivity index (χ0n) is 11.2. The molecule has 0 aliphatic heterocycles. The molecule has 0 spiro atoms. The van der Waals surface area contributed by atoms with E-state index in [1.165, 1.54) is 5.57 Å². The Bertz CT molecular complexity index is 382. The van der Waals surface area contributed by atoms with Crippen LogP contribution < -0.4 is 0 Å². The molecule has 0 saturated heterocycles. The Morgan fingerprint density at radius 1 is 1.41 bits per heavy atom. The summed E-state index contributed by atoms with van der Waals surface area (Å²) in [5.41, 5.74) is 3.12. The van der Waals surface area contributed by atoms with Gasteiger partial charge >= 0.3 is 0 Å². The lowest BCUT2D eigenvalue weighted by Crippen LogP contribution is -2.27. The average molecular weight is 234 g/mol. The molecule has 0 saturated carbocycles. The molecule has 1 N–H and O–H groups in total. The van der Waals surface area contributed by atoms with E-state index in [2.05, 4.69) is 26.0 Å². The second-order valence-corrected chi connectivity index (χ2v) is 5.06. The number of aliphatic hydroxyl groups is 1. The highest BCUT2D eigenvalue weighted by Gasteiger charge is 2.27. The summed E-state index contributed by atoms with van der Waals surface area (Å²) in [6.45, 7) is 7.90. The second-order valence-electron chi connectivity index (χ2n) is 5.06. The van der Waals surface area contributed by atoms with Gasteiger partial charge in [0.15, 0.2) is 5.78 Å². The maximum Gasteiger partial charge on any atom is 0.162 e. The van der Waals surface area contributed by atoms with Crippen molar-refractivity contribution in [3.8, 4) is 0 Å². The van der Waals surface area contributed by atoms with Crippen molar-refractivity contribution in [2.75, 3.05) is 0 Å². The molecule has 2 heteroatoms. The van der Waals surface area contributed by atoms with Crippen LogP contribution in [0.1, 0.15) is 40.5 Å².